The van der Waals surface area contributed by atoms with Gasteiger partial charge in [-0.15, -0.1) is 0 Å². The molecule has 2 amide bonds. The molecule has 0 aliphatic carbocycles. The van der Waals surface area contributed by atoms with Gasteiger partial charge in [-0.25, -0.2) is 13.1 Å². The molecule has 0 bridgehead atoms. The monoisotopic (exact) mass is 367 g/mol. The van der Waals surface area contributed by atoms with Crippen molar-refractivity contribution in [3.63, 3.8) is 0 Å². The number of hydrogen-bond acceptors (Lipinski definition) is 4. The number of hydrogen-bond donors (Lipinski definition) is 1. The molecule has 8 heteroatoms. The first-order valence-electron chi connectivity index (χ1n) is 8.33. The van der Waals surface area contributed by atoms with Crippen molar-refractivity contribution in [2.75, 3.05) is 32.7 Å². The number of nitrogens with zero attached hydrogens (tertiary/aromatic N) is 2. The number of carbonyl (C=O) groups is 2. The number of rotatable bonds is 6. The van der Waals surface area contributed by atoms with E-state index in [-0.39, 0.29) is 30.5 Å². The molecule has 1 aromatic carbocycles. The molecule has 138 valence electrons. The van der Waals surface area contributed by atoms with Gasteiger partial charge in [0.05, 0.1) is 5.75 Å². The normalized spacial score (nSPS) is 15.3. The average Bonchev–Trinajstić information content (AvgIpc) is 2.54. The Kier molecular flexibility index (Phi) is 6.55. The second-order valence-electron chi connectivity index (χ2n) is 6.28. The predicted octanol–water partition coefficient (Wildman–Crippen LogP) is 0.495. The highest BCUT2D eigenvalue weighted by atomic mass is 32.2. The van der Waals surface area contributed by atoms with Gasteiger partial charge in [0.2, 0.25) is 21.8 Å². The van der Waals surface area contributed by atoms with Crippen molar-refractivity contribution in [3.8, 4) is 0 Å². The number of benzene rings is 1. The molecule has 1 fully saturated rings. The standard InChI is InChI=1S/C17H25N3O4S/c1-14-4-3-5-16(12-14)13-25(23,24)18-7-6-17(22)20-10-8-19(9-11-20)15(2)21/h3-5,12,18H,6-11,13H2,1-2H3. The molecule has 25 heavy (non-hydrogen) atoms. The summed E-state index contributed by atoms with van der Waals surface area (Å²) in [4.78, 5) is 26.8. The first kappa shape index (κ1) is 19.4. The molecular weight excluding hydrogens is 342 g/mol. The number of nitrogens with one attached hydrogen (secondary N) is 1. The van der Waals surface area contributed by atoms with Gasteiger partial charge in [0, 0.05) is 46.1 Å². The van der Waals surface area contributed by atoms with E-state index in [4.69, 9.17) is 0 Å². The molecule has 1 aliphatic heterocycles. The van der Waals surface area contributed by atoms with Crippen LogP contribution in [0.25, 0.3) is 0 Å². The van der Waals surface area contributed by atoms with Gasteiger partial charge < -0.3 is 9.80 Å². The van der Waals surface area contributed by atoms with Crippen LogP contribution in [-0.4, -0.2) is 62.8 Å². The lowest BCUT2D eigenvalue weighted by atomic mass is 10.2. The van der Waals surface area contributed by atoms with Crippen LogP contribution in [-0.2, 0) is 25.4 Å². The Bertz CT molecular complexity index is 725. The van der Waals surface area contributed by atoms with E-state index >= 15 is 0 Å². The van der Waals surface area contributed by atoms with Gasteiger partial charge in [-0.1, -0.05) is 29.8 Å². The molecule has 1 aromatic rings. The second kappa shape index (κ2) is 8.44. The fourth-order valence-corrected chi connectivity index (χ4v) is 3.95. The van der Waals surface area contributed by atoms with Crippen LogP contribution in [0.15, 0.2) is 24.3 Å². The van der Waals surface area contributed by atoms with Crippen LogP contribution in [0, 0.1) is 6.92 Å². The molecule has 0 saturated carbocycles. The van der Waals surface area contributed by atoms with Crippen LogP contribution in [0.2, 0.25) is 0 Å². The molecule has 7 nitrogen and oxygen atoms in total. The summed E-state index contributed by atoms with van der Waals surface area (Å²) in [5.41, 5.74) is 1.73. The van der Waals surface area contributed by atoms with E-state index in [1.807, 2.05) is 25.1 Å². The highest BCUT2D eigenvalue weighted by Crippen LogP contribution is 2.08. The third-order valence-electron chi connectivity index (χ3n) is 4.18. The molecule has 1 saturated heterocycles. The van der Waals surface area contributed by atoms with Crippen molar-refractivity contribution < 1.29 is 18.0 Å². The van der Waals surface area contributed by atoms with E-state index in [0.29, 0.717) is 26.2 Å². The van der Waals surface area contributed by atoms with Gasteiger partial charge >= 0.3 is 0 Å². The maximum absolute atomic E-state index is 12.2. The molecule has 0 unspecified atom stereocenters. The van der Waals surface area contributed by atoms with Crippen LogP contribution in [0.3, 0.4) is 0 Å². The summed E-state index contributed by atoms with van der Waals surface area (Å²) < 4.78 is 26.7. The fraction of sp³-hybridized carbons (Fsp3) is 0.529. The highest BCUT2D eigenvalue weighted by molar-refractivity contribution is 7.88. The molecule has 2 rings (SSSR count). The first-order valence-corrected chi connectivity index (χ1v) is 9.98. The Hall–Kier alpha value is -1.93. The zero-order chi connectivity index (χ0) is 18.4. The number of sulfonamides is 1. The summed E-state index contributed by atoms with van der Waals surface area (Å²) in [6.07, 6.45) is 0.118. The lowest BCUT2D eigenvalue weighted by Gasteiger charge is -2.34. The summed E-state index contributed by atoms with van der Waals surface area (Å²) >= 11 is 0. The minimum atomic E-state index is -3.47. The van der Waals surface area contributed by atoms with Crippen LogP contribution in [0.5, 0.6) is 0 Å². The van der Waals surface area contributed by atoms with Crippen molar-refractivity contribution >= 4 is 21.8 Å². The highest BCUT2D eigenvalue weighted by Gasteiger charge is 2.22. The molecule has 0 atom stereocenters. The molecule has 1 heterocycles. The summed E-state index contributed by atoms with van der Waals surface area (Å²) in [7, 11) is -3.47. The van der Waals surface area contributed by atoms with Crippen LogP contribution >= 0.6 is 0 Å². The molecule has 0 radical (unpaired) electrons. The lowest BCUT2D eigenvalue weighted by Crippen LogP contribution is -2.50. The van der Waals surface area contributed by atoms with E-state index in [0.717, 1.165) is 11.1 Å². The van der Waals surface area contributed by atoms with Crippen molar-refractivity contribution in [2.24, 2.45) is 0 Å². The summed E-state index contributed by atoms with van der Waals surface area (Å²) in [5.74, 6) is -0.183. The van der Waals surface area contributed by atoms with Gasteiger partial charge in [0.15, 0.2) is 0 Å². The van der Waals surface area contributed by atoms with Crippen molar-refractivity contribution in [1.29, 1.82) is 0 Å². The summed E-state index contributed by atoms with van der Waals surface area (Å²) in [6, 6.07) is 7.34. The maximum atomic E-state index is 12.2. The predicted molar refractivity (Wildman–Crippen MR) is 95.3 cm³/mol. The van der Waals surface area contributed by atoms with E-state index in [2.05, 4.69) is 4.72 Å². The fourth-order valence-electron chi connectivity index (χ4n) is 2.81. The first-order chi connectivity index (χ1) is 11.8. The van der Waals surface area contributed by atoms with E-state index in [9.17, 15) is 18.0 Å². The minimum Gasteiger partial charge on any atom is -0.339 e. The largest absolute Gasteiger partial charge is 0.339 e. The maximum Gasteiger partial charge on any atom is 0.224 e. The van der Waals surface area contributed by atoms with Crippen molar-refractivity contribution in [2.45, 2.75) is 26.0 Å². The lowest BCUT2D eigenvalue weighted by molar-refractivity contribution is -0.138. The van der Waals surface area contributed by atoms with Gasteiger partial charge in [0.1, 0.15) is 0 Å². The van der Waals surface area contributed by atoms with E-state index < -0.39 is 10.0 Å². The Morgan fingerprint density at radius 2 is 1.76 bits per heavy atom. The molecule has 0 aromatic heterocycles. The van der Waals surface area contributed by atoms with Crippen LogP contribution in [0.1, 0.15) is 24.5 Å². The zero-order valence-corrected chi connectivity index (χ0v) is 15.5. The Balaban J connectivity index is 1.76. The number of piperazine rings is 1. The minimum absolute atomic E-state index is 0.0102. The topological polar surface area (TPSA) is 86.8 Å². The molecular formula is C17H25N3O4S. The van der Waals surface area contributed by atoms with Crippen molar-refractivity contribution in [1.82, 2.24) is 14.5 Å². The molecule has 0 spiro atoms. The molecule has 1 N–H and O–H groups in total. The SMILES string of the molecule is CC(=O)N1CCN(C(=O)CCNS(=O)(=O)Cc2cccc(C)c2)CC1. The third kappa shape index (κ3) is 6.13. The zero-order valence-electron chi connectivity index (χ0n) is 14.7. The van der Waals surface area contributed by atoms with Gasteiger partial charge in [-0.3, -0.25) is 9.59 Å². The molecule has 1 aliphatic rings. The van der Waals surface area contributed by atoms with Gasteiger partial charge in [-0.05, 0) is 12.5 Å². The smallest absolute Gasteiger partial charge is 0.224 e. The third-order valence-corrected chi connectivity index (χ3v) is 5.54. The van der Waals surface area contributed by atoms with E-state index in [1.54, 1.807) is 15.9 Å². The average molecular weight is 367 g/mol. The van der Waals surface area contributed by atoms with Crippen LogP contribution < -0.4 is 4.72 Å². The number of amides is 2. The van der Waals surface area contributed by atoms with Crippen LogP contribution in [0.4, 0.5) is 0 Å². The van der Waals surface area contributed by atoms with Gasteiger partial charge in [0.25, 0.3) is 0 Å². The number of aryl methyl sites for hydroxylation is 1. The quantitative estimate of drug-likeness (QED) is 0.793. The Morgan fingerprint density at radius 3 is 2.36 bits per heavy atom. The second-order valence-corrected chi connectivity index (χ2v) is 8.09. The number of carbonyl (C=O) groups excluding carboxylic acids is 2. The van der Waals surface area contributed by atoms with Crippen molar-refractivity contribution in [3.05, 3.63) is 35.4 Å². The Labute approximate surface area is 149 Å². The van der Waals surface area contributed by atoms with E-state index in [1.165, 1.54) is 6.92 Å². The summed E-state index contributed by atoms with van der Waals surface area (Å²) in [5, 5.41) is 0. The van der Waals surface area contributed by atoms with Gasteiger partial charge in [-0.2, -0.15) is 0 Å². The Morgan fingerprint density at radius 1 is 1.12 bits per heavy atom. The summed E-state index contributed by atoms with van der Waals surface area (Å²) in [6.45, 7) is 5.55.